The molecule has 1 aliphatic rings. The molecule has 4 rings (SSSR count). The molecular formula is C23H19NO2. The molecule has 128 valence electrons. The molecule has 0 saturated heterocycles. The van der Waals surface area contributed by atoms with Crippen molar-refractivity contribution in [3.8, 4) is 0 Å². The Bertz CT molecular complexity index is 1040. The molecule has 3 heteroatoms. The molecule has 1 amide bonds. The number of allylic oxidation sites excluding steroid dienone is 1. The minimum absolute atomic E-state index is 0.00372. The summed E-state index contributed by atoms with van der Waals surface area (Å²) in [6.45, 7) is 0. The summed E-state index contributed by atoms with van der Waals surface area (Å²) >= 11 is 0. The predicted molar refractivity (Wildman–Crippen MR) is 105 cm³/mol. The van der Waals surface area contributed by atoms with Gasteiger partial charge in [-0.2, -0.15) is 0 Å². The summed E-state index contributed by atoms with van der Waals surface area (Å²) in [5.41, 5.74) is 4.90. The Labute approximate surface area is 152 Å². The zero-order chi connectivity index (χ0) is 18.1. The quantitative estimate of drug-likeness (QED) is 0.571. The van der Waals surface area contributed by atoms with E-state index in [4.69, 9.17) is 0 Å². The Balaban J connectivity index is 1.62. The number of amides is 1. The summed E-state index contributed by atoms with van der Waals surface area (Å²) in [4.78, 5) is 24.3. The number of hydrogen-bond donors (Lipinski definition) is 1. The summed E-state index contributed by atoms with van der Waals surface area (Å²) in [6.07, 6.45) is 5.50. The Hall–Kier alpha value is -3.20. The van der Waals surface area contributed by atoms with E-state index in [0.29, 0.717) is 5.56 Å². The third-order valence-electron chi connectivity index (χ3n) is 4.97. The van der Waals surface area contributed by atoms with Gasteiger partial charge in [-0.25, -0.2) is 0 Å². The van der Waals surface area contributed by atoms with Gasteiger partial charge in [0.2, 0.25) is 0 Å². The van der Waals surface area contributed by atoms with Gasteiger partial charge in [0, 0.05) is 18.2 Å². The highest BCUT2D eigenvalue weighted by atomic mass is 16.1. The Morgan fingerprint density at radius 3 is 2.38 bits per heavy atom. The molecule has 0 heterocycles. The number of carbonyl (C=O) groups excluding carboxylic acids is 2. The van der Waals surface area contributed by atoms with Gasteiger partial charge in [0.1, 0.15) is 0 Å². The van der Waals surface area contributed by atoms with Crippen molar-refractivity contribution in [2.24, 2.45) is 0 Å². The number of hydrogen-bond acceptors (Lipinski definition) is 2. The highest BCUT2D eigenvalue weighted by Crippen LogP contribution is 2.33. The van der Waals surface area contributed by atoms with Gasteiger partial charge in [-0.1, -0.05) is 48.5 Å². The maximum Gasteiger partial charge on any atom is 0.251 e. The molecule has 0 bridgehead atoms. The standard InChI is InChI=1S/C23H19NO2/c1-24-23(26)18-8-5-15(6-9-18)7-14-21(25)19-13-12-17-11-10-16-3-2-4-20(19)22(16)17/h2-9,12-14H,10-11H2,1H3,(H,24,26)/b14-7+. The maximum atomic E-state index is 12.7. The SMILES string of the molecule is CNC(=O)c1ccc(/C=C/C(=O)c2ccc3c4c(cccc24)CC3)cc1. The second-order valence-corrected chi connectivity index (χ2v) is 6.51. The van der Waals surface area contributed by atoms with Crippen LogP contribution in [-0.4, -0.2) is 18.7 Å². The van der Waals surface area contributed by atoms with Crippen LogP contribution in [0.4, 0.5) is 0 Å². The highest BCUT2D eigenvalue weighted by molar-refractivity contribution is 6.16. The third kappa shape index (κ3) is 2.82. The van der Waals surface area contributed by atoms with Crippen LogP contribution >= 0.6 is 0 Å². The van der Waals surface area contributed by atoms with Crippen LogP contribution in [0.2, 0.25) is 0 Å². The van der Waals surface area contributed by atoms with E-state index in [1.54, 1.807) is 31.3 Å². The fourth-order valence-corrected chi connectivity index (χ4v) is 3.61. The topological polar surface area (TPSA) is 46.2 Å². The van der Waals surface area contributed by atoms with Crippen molar-refractivity contribution in [3.05, 3.63) is 88.5 Å². The summed E-state index contributed by atoms with van der Waals surface area (Å²) in [5, 5.41) is 4.89. The minimum Gasteiger partial charge on any atom is -0.355 e. The molecule has 3 nitrogen and oxygen atoms in total. The van der Waals surface area contributed by atoms with Gasteiger partial charge < -0.3 is 5.32 Å². The lowest BCUT2D eigenvalue weighted by Crippen LogP contribution is -2.17. The minimum atomic E-state index is -0.121. The van der Waals surface area contributed by atoms with Crippen molar-refractivity contribution >= 4 is 28.5 Å². The first-order valence-electron chi connectivity index (χ1n) is 8.75. The van der Waals surface area contributed by atoms with E-state index in [1.807, 2.05) is 30.3 Å². The van der Waals surface area contributed by atoms with Crippen LogP contribution in [0.15, 0.2) is 60.7 Å². The molecule has 3 aromatic rings. The zero-order valence-electron chi connectivity index (χ0n) is 14.6. The molecule has 0 fully saturated rings. The van der Waals surface area contributed by atoms with Crippen LogP contribution in [0.3, 0.4) is 0 Å². The predicted octanol–water partition coefficient (Wildman–Crippen LogP) is 4.19. The number of aryl methyl sites for hydroxylation is 2. The number of nitrogens with one attached hydrogen (secondary N) is 1. The van der Waals surface area contributed by atoms with Gasteiger partial charge in [0.25, 0.3) is 5.91 Å². The van der Waals surface area contributed by atoms with Gasteiger partial charge in [-0.3, -0.25) is 9.59 Å². The summed E-state index contributed by atoms with van der Waals surface area (Å²) in [5.74, 6) is -0.125. The van der Waals surface area contributed by atoms with Crippen molar-refractivity contribution < 1.29 is 9.59 Å². The van der Waals surface area contributed by atoms with Gasteiger partial charge in [-0.05, 0) is 58.5 Å². The molecule has 0 saturated carbocycles. The maximum absolute atomic E-state index is 12.7. The molecule has 0 aliphatic heterocycles. The second-order valence-electron chi connectivity index (χ2n) is 6.51. The average Bonchev–Trinajstić information content (AvgIpc) is 3.11. The molecule has 26 heavy (non-hydrogen) atoms. The monoisotopic (exact) mass is 341 g/mol. The number of ketones is 1. The van der Waals surface area contributed by atoms with E-state index in [9.17, 15) is 9.59 Å². The van der Waals surface area contributed by atoms with Crippen molar-refractivity contribution in [1.29, 1.82) is 0 Å². The lowest BCUT2D eigenvalue weighted by molar-refractivity contribution is 0.0962. The fourth-order valence-electron chi connectivity index (χ4n) is 3.61. The lowest BCUT2D eigenvalue weighted by Gasteiger charge is -2.06. The molecule has 1 aliphatic carbocycles. The van der Waals surface area contributed by atoms with Crippen LogP contribution < -0.4 is 5.32 Å². The molecular weight excluding hydrogens is 322 g/mol. The molecule has 0 radical (unpaired) electrons. The fraction of sp³-hybridized carbons (Fsp3) is 0.130. The molecule has 3 aromatic carbocycles. The normalized spacial score (nSPS) is 12.7. The molecule has 0 spiro atoms. The highest BCUT2D eigenvalue weighted by Gasteiger charge is 2.17. The number of benzene rings is 3. The van der Waals surface area contributed by atoms with Crippen LogP contribution in [0.5, 0.6) is 0 Å². The smallest absolute Gasteiger partial charge is 0.251 e. The Kier molecular flexibility index (Phi) is 4.13. The first-order valence-corrected chi connectivity index (χ1v) is 8.75. The third-order valence-corrected chi connectivity index (χ3v) is 4.97. The first kappa shape index (κ1) is 16.3. The van der Waals surface area contributed by atoms with E-state index >= 15 is 0 Å². The van der Waals surface area contributed by atoms with Gasteiger partial charge >= 0.3 is 0 Å². The van der Waals surface area contributed by atoms with Crippen LogP contribution in [0.1, 0.15) is 37.4 Å². The van der Waals surface area contributed by atoms with Crippen molar-refractivity contribution in [3.63, 3.8) is 0 Å². The molecule has 0 unspecified atom stereocenters. The second kappa shape index (κ2) is 6.60. The summed E-state index contributed by atoms with van der Waals surface area (Å²) in [7, 11) is 1.60. The number of rotatable bonds is 4. The van der Waals surface area contributed by atoms with E-state index in [1.165, 1.54) is 16.5 Å². The van der Waals surface area contributed by atoms with Crippen LogP contribution in [-0.2, 0) is 12.8 Å². The van der Waals surface area contributed by atoms with E-state index < -0.39 is 0 Å². The molecule has 0 aromatic heterocycles. The van der Waals surface area contributed by atoms with Crippen LogP contribution in [0, 0.1) is 0 Å². The molecule has 0 atom stereocenters. The number of carbonyl (C=O) groups is 2. The zero-order valence-corrected chi connectivity index (χ0v) is 14.6. The molecule has 1 N–H and O–H groups in total. The summed E-state index contributed by atoms with van der Waals surface area (Å²) < 4.78 is 0. The Morgan fingerprint density at radius 2 is 1.65 bits per heavy atom. The van der Waals surface area contributed by atoms with E-state index in [-0.39, 0.29) is 11.7 Å². The Morgan fingerprint density at radius 1 is 0.923 bits per heavy atom. The van der Waals surface area contributed by atoms with Gasteiger partial charge in [0.05, 0.1) is 0 Å². The van der Waals surface area contributed by atoms with Crippen molar-refractivity contribution in [2.75, 3.05) is 7.05 Å². The van der Waals surface area contributed by atoms with Gasteiger partial charge in [0.15, 0.2) is 5.78 Å². The lowest BCUT2D eigenvalue weighted by atomic mass is 9.97. The first-order chi connectivity index (χ1) is 12.7. The average molecular weight is 341 g/mol. The van der Waals surface area contributed by atoms with E-state index in [2.05, 4.69) is 17.4 Å². The van der Waals surface area contributed by atoms with Crippen molar-refractivity contribution in [2.45, 2.75) is 12.8 Å². The van der Waals surface area contributed by atoms with Crippen molar-refractivity contribution in [1.82, 2.24) is 5.32 Å². The van der Waals surface area contributed by atoms with Crippen LogP contribution in [0.25, 0.3) is 16.8 Å². The largest absolute Gasteiger partial charge is 0.355 e. The van der Waals surface area contributed by atoms with Gasteiger partial charge in [-0.15, -0.1) is 0 Å². The summed E-state index contributed by atoms with van der Waals surface area (Å²) in [6, 6.07) is 17.4. The van der Waals surface area contributed by atoms with E-state index in [0.717, 1.165) is 29.4 Å².